The van der Waals surface area contributed by atoms with Crippen molar-refractivity contribution in [2.24, 2.45) is 0 Å². The van der Waals surface area contributed by atoms with Crippen molar-refractivity contribution in [3.05, 3.63) is 22.9 Å². The Hall–Kier alpha value is -3.10. The summed E-state index contributed by atoms with van der Waals surface area (Å²) in [6, 6.07) is 1.23. The van der Waals surface area contributed by atoms with E-state index in [1.807, 2.05) is 6.08 Å². The number of carbonyl (C=O) groups excluding carboxylic acids is 3. The highest BCUT2D eigenvalue weighted by atomic mass is 16.6. The number of aromatic nitrogens is 1. The molecule has 0 radical (unpaired) electrons. The fourth-order valence-electron chi connectivity index (χ4n) is 3.94. The molecule has 0 aromatic carbocycles. The minimum absolute atomic E-state index is 0.202. The maximum Gasteiger partial charge on any atom is 0.410 e. The van der Waals surface area contributed by atoms with Crippen LogP contribution in [0.1, 0.15) is 56.6 Å². The van der Waals surface area contributed by atoms with Crippen LogP contribution in [0.3, 0.4) is 0 Å². The third-order valence-corrected chi connectivity index (χ3v) is 5.50. The second kappa shape index (κ2) is 7.86. The van der Waals surface area contributed by atoms with Gasteiger partial charge in [-0.25, -0.2) is 9.78 Å². The van der Waals surface area contributed by atoms with Crippen LogP contribution in [0.15, 0.2) is 11.6 Å². The van der Waals surface area contributed by atoms with E-state index < -0.39 is 29.6 Å². The van der Waals surface area contributed by atoms with Gasteiger partial charge in [-0.1, -0.05) is 6.92 Å². The number of nitrogens with zero attached hydrogens (tertiary/aromatic N) is 3. The number of nitrogens with one attached hydrogen (secondary N) is 1. The van der Waals surface area contributed by atoms with Crippen molar-refractivity contribution in [1.82, 2.24) is 14.8 Å². The van der Waals surface area contributed by atoms with Crippen molar-refractivity contribution in [3.8, 4) is 5.88 Å². The quantitative estimate of drug-likeness (QED) is 0.686. The second-order valence-corrected chi connectivity index (χ2v) is 9.00. The fourth-order valence-corrected chi connectivity index (χ4v) is 3.94. The molecular weight excluding hydrogens is 400 g/mol. The number of amides is 3. The Balaban J connectivity index is 1.61. The van der Waals surface area contributed by atoms with Gasteiger partial charge in [0.25, 0.3) is 5.91 Å². The SMILES string of the molecule is CCC1=Cc2nc3c(cc2NC1)C(=O)N1C(=O)CN(C(=O)OC(C)(C)C)C[C@H]1CCO3. The van der Waals surface area contributed by atoms with E-state index in [0.29, 0.717) is 13.0 Å². The predicted molar refractivity (Wildman–Crippen MR) is 114 cm³/mol. The van der Waals surface area contributed by atoms with Gasteiger partial charge < -0.3 is 14.8 Å². The number of piperazine rings is 1. The number of imide groups is 1. The number of fused-ring (bicyclic) bond motifs is 3. The number of anilines is 1. The lowest BCUT2D eigenvalue weighted by atomic mass is 10.0. The molecule has 3 aliphatic rings. The fraction of sp³-hybridized carbons (Fsp3) is 0.545. The average molecular weight is 428 g/mol. The van der Waals surface area contributed by atoms with Crippen molar-refractivity contribution >= 4 is 29.7 Å². The first kappa shape index (κ1) is 21.1. The first-order valence-electron chi connectivity index (χ1n) is 10.6. The summed E-state index contributed by atoms with van der Waals surface area (Å²) in [5.74, 6) is -0.644. The highest BCUT2D eigenvalue weighted by molar-refractivity contribution is 6.08. The van der Waals surface area contributed by atoms with E-state index in [1.165, 1.54) is 15.4 Å². The molecule has 1 aromatic heterocycles. The molecule has 4 rings (SSSR count). The number of hydrogen-bond acceptors (Lipinski definition) is 7. The average Bonchev–Trinajstić information content (AvgIpc) is 2.69. The Morgan fingerprint density at radius 1 is 1.35 bits per heavy atom. The van der Waals surface area contributed by atoms with E-state index >= 15 is 0 Å². The summed E-state index contributed by atoms with van der Waals surface area (Å²) < 4.78 is 11.2. The van der Waals surface area contributed by atoms with Gasteiger partial charge in [0.05, 0.1) is 24.0 Å². The van der Waals surface area contributed by atoms with E-state index in [4.69, 9.17) is 9.47 Å². The van der Waals surface area contributed by atoms with Crippen molar-refractivity contribution < 1.29 is 23.9 Å². The van der Waals surface area contributed by atoms with E-state index in [9.17, 15) is 14.4 Å². The molecule has 3 amide bonds. The van der Waals surface area contributed by atoms with Crippen LogP contribution in [0.4, 0.5) is 10.5 Å². The summed E-state index contributed by atoms with van der Waals surface area (Å²) in [4.78, 5) is 45.9. The molecule has 0 spiro atoms. The first-order valence-corrected chi connectivity index (χ1v) is 10.6. The van der Waals surface area contributed by atoms with Gasteiger partial charge in [0.2, 0.25) is 11.8 Å². The van der Waals surface area contributed by atoms with E-state index in [1.54, 1.807) is 26.8 Å². The molecule has 9 nitrogen and oxygen atoms in total. The molecule has 31 heavy (non-hydrogen) atoms. The maximum absolute atomic E-state index is 13.4. The number of carbonyl (C=O) groups is 3. The van der Waals surface area contributed by atoms with E-state index in [0.717, 1.165) is 17.8 Å². The van der Waals surface area contributed by atoms with Crippen molar-refractivity contribution in [3.63, 3.8) is 0 Å². The Bertz CT molecular complexity index is 965. The molecule has 0 unspecified atom stereocenters. The number of rotatable bonds is 1. The molecule has 1 N–H and O–H groups in total. The summed E-state index contributed by atoms with van der Waals surface area (Å²) in [6.07, 6.45) is 2.76. The third-order valence-electron chi connectivity index (χ3n) is 5.50. The standard InChI is InChI=1S/C22H28N4O5/c1-5-13-8-17-16(23-10-13)9-15-19(24-17)30-7-6-14-11-25(21(29)31-22(2,3)4)12-18(27)26(14)20(15)28/h8-9,14,23H,5-7,10-12H2,1-4H3/t14-/m1/s1. The lowest BCUT2D eigenvalue weighted by Gasteiger charge is -2.41. The predicted octanol–water partition coefficient (Wildman–Crippen LogP) is 2.67. The first-order chi connectivity index (χ1) is 14.7. The molecule has 1 aromatic rings. The van der Waals surface area contributed by atoms with Crippen LogP contribution in [-0.2, 0) is 9.53 Å². The number of hydrogen-bond donors (Lipinski definition) is 1. The maximum atomic E-state index is 13.4. The molecule has 1 saturated heterocycles. The Morgan fingerprint density at radius 3 is 2.84 bits per heavy atom. The summed E-state index contributed by atoms with van der Waals surface area (Å²) in [5, 5.41) is 3.29. The van der Waals surface area contributed by atoms with Crippen LogP contribution in [0.25, 0.3) is 6.08 Å². The monoisotopic (exact) mass is 428 g/mol. The van der Waals surface area contributed by atoms with Gasteiger partial charge in [-0.05, 0) is 44.9 Å². The summed E-state index contributed by atoms with van der Waals surface area (Å²) >= 11 is 0. The largest absolute Gasteiger partial charge is 0.477 e. The lowest BCUT2D eigenvalue weighted by molar-refractivity contribution is -0.136. The molecule has 1 atom stereocenters. The summed E-state index contributed by atoms with van der Waals surface area (Å²) in [7, 11) is 0. The molecule has 0 saturated carbocycles. The minimum atomic E-state index is -0.667. The zero-order valence-corrected chi connectivity index (χ0v) is 18.4. The van der Waals surface area contributed by atoms with Crippen LogP contribution >= 0.6 is 0 Å². The molecule has 0 aliphatic carbocycles. The molecule has 4 heterocycles. The highest BCUT2D eigenvalue weighted by Crippen LogP contribution is 2.32. The number of pyridine rings is 1. The number of ether oxygens (including phenoxy) is 2. The van der Waals surface area contributed by atoms with Gasteiger partial charge in [-0.3, -0.25) is 19.4 Å². The third kappa shape index (κ3) is 4.22. The normalized spacial score (nSPS) is 20.9. The lowest BCUT2D eigenvalue weighted by Crippen LogP contribution is -2.60. The van der Waals surface area contributed by atoms with Crippen LogP contribution in [-0.4, -0.2) is 70.6 Å². The zero-order valence-electron chi connectivity index (χ0n) is 18.4. The smallest absolute Gasteiger partial charge is 0.410 e. The van der Waals surface area contributed by atoms with Crippen molar-refractivity contribution in [2.75, 3.05) is 31.6 Å². The topological polar surface area (TPSA) is 101 Å². The van der Waals surface area contributed by atoms with Crippen LogP contribution in [0, 0.1) is 0 Å². The van der Waals surface area contributed by atoms with Gasteiger partial charge >= 0.3 is 6.09 Å². The Morgan fingerprint density at radius 2 is 2.13 bits per heavy atom. The Labute approximate surface area is 181 Å². The van der Waals surface area contributed by atoms with Gasteiger partial charge in [0.1, 0.15) is 17.7 Å². The van der Waals surface area contributed by atoms with Gasteiger partial charge in [-0.2, -0.15) is 0 Å². The molecule has 3 aliphatic heterocycles. The summed E-state index contributed by atoms with van der Waals surface area (Å²) in [6.45, 7) is 8.37. The Kier molecular flexibility index (Phi) is 5.36. The molecule has 0 bridgehead atoms. The van der Waals surface area contributed by atoms with Crippen molar-refractivity contribution in [1.29, 1.82) is 0 Å². The van der Waals surface area contributed by atoms with Crippen LogP contribution < -0.4 is 10.1 Å². The second-order valence-electron chi connectivity index (χ2n) is 9.00. The molecule has 1 fully saturated rings. The van der Waals surface area contributed by atoms with Crippen molar-refractivity contribution in [2.45, 2.75) is 52.2 Å². The van der Waals surface area contributed by atoms with E-state index in [-0.39, 0.29) is 31.1 Å². The van der Waals surface area contributed by atoms with Gasteiger partial charge in [-0.15, -0.1) is 0 Å². The molecule has 9 heteroatoms. The zero-order chi connectivity index (χ0) is 22.3. The molecular formula is C22H28N4O5. The minimum Gasteiger partial charge on any atom is -0.477 e. The van der Waals surface area contributed by atoms with Gasteiger partial charge in [0, 0.05) is 19.5 Å². The van der Waals surface area contributed by atoms with Crippen LogP contribution in [0.5, 0.6) is 5.88 Å². The molecule has 166 valence electrons. The van der Waals surface area contributed by atoms with E-state index in [2.05, 4.69) is 17.2 Å². The van der Waals surface area contributed by atoms with Crippen LogP contribution in [0.2, 0.25) is 0 Å². The summed E-state index contributed by atoms with van der Waals surface area (Å²) in [5.41, 5.74) is 2.27. The highest BCUT2D eigenvalue weighted by Gasteiger charge is 2.42. The van der Waals surface area contributed by atoms with Gasteiger partial charge in [0.15, 0.2) is 0 Å².